The molecule has 2 atom stereocenters. The van der Waals surface area contributed by atoms with Crippen molar-refractivity contribution >= 4 is 33.0 Å². The molecule has 0 radical (unpaired) electrons. The number of phenolic OH excluding ortho intramolecular Hbond substituents is 1. The third kappa shape index (κ3) is 2.52. The minimum absolute atomic E-state index is 0.0976. The van der Waals surface area contributed by atoms with E-state index in [9.17, 15) is 5.11 Å². The summed E-state index contributed by atoms with van der Waals surface area (Å²) in [7, 11) is 0. The molecule has 6 heteroatoms. The van der Waals surface area contributed by atoms with Gasteiger partial charge in [-0.15, -0.1) is 11.3 Å². The summed E-state index contributed by atoms with van der Waals surface area (Å²) in [4.78, 5) is 1.10. The highest BCUT2D eigenvalue weighted by atomic mass is 79.9. The molecule has 0 amide bonds. The van der Waals surface area contributed by atoms with Crippen LogP contribution >= 0.6 is 27.3 Å². The van der Waals surface area contributed by atoms with Gasteiger partial charge in [0, 0.05) is 27.4 Å². The van der Waals surface area contributed by atoms with Gasteiger partial charge >= 0.3 is 0 Å². The van der Waals surface area contributed by atoms with E-state index < -0.39 is 0 Å². The average Bonchev–Trinajstić information content (AvgIpc) is 3.28. The molecule has 3 aromatic rings. The number of halogens is 1. The topological polar surface area (TPSA) is 45.1 Å². The van der Waals surface area contributed by atoms with Gasteiger partial charge in [0.25, 0.3) is 0 Å². The molecular weight excluding hydrogens is 412 g/mol. The molecule has 0 aliphatic carbocycles. The third-order valence-corrected chi connectivity index (χ3v) is 6.47. The average molecular weight is 427 g/mol. The van der Waals surface area contributed by atoms with Crippen LogP contribution in [-0.2, 0) is 0 Å². The van der Waals surface area contributed by atoms with E-state index in [0.29, 0.717) is 0 Å². The highest BCUT2D eigenvalue weighted by Gasteiger charge is 2.41. The molecule has 2 aromatic carbocycles. The molecule has 0 fully saturated rings. The summed E-state index contributed by atoms with van der Waals surface area (Å²) < 4.78 is 7.35. The third-order valence-electron chi connectivity index (χ3n) is 4.75. The van der Waals surface area contributed by atoms with Gasteiger partial charge in [0.15, 0.2) is 0 Å². The van der Waals surface area contributed by atoms with Crippen LogP contribution in [0.3, 0.4) is 0 Å². The van der Waals surface area contributed by atoms with E-state index in [1.54, 1.807) is 17.4 Å². The van der Waals surface area contributed by atoms with Crippen molar-refractivity contribution in [1.29, 1.82) is 0 Å². The quantitative estimate of drug-likeness (QED) is 0.591. The van der Waals surface area contributed by atoms with E-state index in [-0.39, 0.29) is 18.0 Å². The Balaban J connectivity index is 1.61. The summed E-state index contributed by atoms with van der Waals surface area (Å²) in [5.74, 6) is 1.16. The molecule has 0 unspecified atom stereocenters. The number of fused-ring (bicyclic) bond motifs is 3. The highest BCUT2D eigenvalue weighted by molar-refractivity contribution is 9.10. The van der Waals surface area contributed by atoms with Crippen LogP contribution in [0.25, 0.3) is 0 Å². The van der Waals surface area contributed by atoms with Crippen LogP contribution in [0.15, 0.2) is 69.6 Å². The molecule has 0 spiro atoms. The Morgan fingerprint density at radius 2 is 1.96 bits per heavy atom. The number of phenols is 1. The Bertz CT molecular complexity index is 1020. The number of thiophene rings is 1. The number of hydrogen-bond donors (Lipinski definition) is 1. The molecule has 0 saturated heterocycles. The molecule has 26 heavy (non-hydrogen) atoms. The highest BCUT2D eigenvalue weighted by Crippen LogP contribution is 2.48. The molecule has 0 saturated carbocycles. The second-order valence-electron chi connectivity index (χ2n) is 6.34. The van der Waals surface area contributed by atoms with Gasteiger partial charge in [-0.3, -0.25) is 0 Å². The maximum atomic E-state index is 10.3. The Labute approximate surface area is 163 Å². The van der Waals surface area contributed by atoms with E-state index in [2.05, 4.69) is 33.4 Å². The fraction of sp³-hybridized carbons (Fsp3) is 0.150. The fourth-order valence-corrected chi connectivity index (χ4v) is 5.02. The number of nitrogens with zero attached hydrogens (tertiary/aromatic N) is 2. The van der Waals surface area contributed by atoms with Crippen molar-refractivity contribution in [2.45, 2.75) is 18.7 Å². The Morgan fingerprint density at radius 3 is 2.77 bits per heavy atom. The summed E-state index contributed by atoms with van der Waals surface area (Å²) >= 11 is 5.18. The second-order valence-corrected chi connectivity index (χ2v) is 8.20. The van der Waals surface area contributed by atoms with Crippen molar-refractivity contribution in [3.05, 3.63) is 80.5 Å². The molecule has 1 aromatic heterocycles. The van der Waals surface area contributed by atoms with Gasteiger partial charge < -0.3 is 9.84 Å². The van der Waals surface area contributed by atoms with E-state index in [4.69, 9.17) is 9.84 Å². The lowest BCUT2D eigenvalue weighted by Crippen LogP contribution is -2.33. The molecule has 2 aliphatic rings. The van der Waals surface area contributed by atoms with E-state index in [0.717, 1.165) is 38.4 Å². The zero-order valence-corrected chi connectivity index (χ0v) is 16.1. The second kappa shape index (κ2) is 6.14. The number of hydrazone groups is 1. The smallest absolute Gasteiger partial charge is 0.223 e. The monoisotopic (exact) mass is 426 g/mol. The molecule has 4 nitrogen and oxygen atoms in total. The van der Waals surface area contributed by atoms with Gasteiger partial charge in [-0.25, -0.2) is 5.01 Å². The van der Waals surface area contributed by atoms with E-state index >= 15 is 0 Å². The zero-order valence-electron chi connectivity index (χ0n) is 13.7. The Hall–Kier alpha value is -2.31. The van der Waals surface area contributed by atoms with Gasteiger partial charge in [0.2, 0.25) is 6.23 Å². The number of hydrogen-bond acceptors (Lipinski definition) is 5. The predicted molar refractivity (Wildman–Crippen MR) is 106 cm³/mol. The fourth-order valence-electron chi connectivity index (χ4n) is 3.56. The largest absolute Gasteiger partial charge is 0.507 e. The Kier molecular flexibility index (Phi) is 3.76. The van der Waals surface area contributed by atoms with E-state index in [1.165, 1.54) is 0 Å². The van der Waals surface area contributed by atoms with Crippen molar-refractivity contribution in [1.82, 2.24) is 5.01 Å². The lowest BCUT2D eigenvalue weighted by Gasteiger charge is -2.37. The maximum Gasteiger partial charge on any atom is 0.223 e. The molecular formula is C20H15BrN2O2S. The van der Waals surface area contributed by atoms with Crippen LogP contribution in [-0.4, -0.2) is 15.8 Å². The Morgan fingerprint density at radius 1 is 1.15 bits per heavy atom. The summed E-state index contributed by atoms with van der Waals surface area (Å²) in [6, 6.07) is 17.7. The lowest BCUT2D eigenvalue weighted by molar-refractivity contribution is -0.0166. The SMILES string of the molecule is Oc1ccccc1C1=NN2[C@@H](C1)c1ccccc1O[C@H]2c1cc(Br)cs1. The van der Waals surface area contributed by atoms with Gasteiger partial charge in [0.1, 0.15) is 11.5 Å². The molecule has 3 heterocycles. The van der Waals surface area contributed by atoms with Crippen LogP contribution in [0.1, 0.15) is 34.7 Å². The number of ether oxygens (including phenoxy) is 1. The number of benzene rings is 2. The summed E-state index contributed by atoms with van der Waals surface area (Å²) in [6.45, 7) is 0. The van der Waals surface area contributed by atoms with Crippen molar-refractivity contribution in [3.63, 3.8) is 0 Å². The summed E-state index contributed by atoms with van der Waals surface area (Å²) in [5, 5.41) is 19.2. The normalized spacial score (nSPS) is 21.0. The molecule has 5 rings (SSSR count). The van der Waals surface area contributed by atoms with Crippen molar-refractivity contribution in [2.75, 3.05) is 0 Å². The first kappa shape index (κ1) is 15.9. The van der Waals surface area contributed by atoms with Crippen LogP contribution in [0, 0.1) is 0 Å². The van der Waals surface area contributed by atoms with Crippen molar-refractivity contribution in [3.8, 4) is 11.5 Å². The first-order valence-electron chi connectivity index (χ1n) is 8.34. The predicted octanol–water partition coefficient (Wildman–Crippen LogP) is 5.46. The first-order valence-corrected chi connectivity index (χ1v) is 10.0. The minimum Gasteiger partial charge on any atom is -0.507 e. The van der Waals surface area contributed by atoms with Crippen molar-refractivity contribution in [2.24, 2.45) is 5.10 Å². The van der Waals surface area contributed by atoms with Crippen LogP contribution < -0.4 is 4.74 Å². The van der Waals surface area contributed by atoms with Crippen molar-refractivity contribution < 1.29 is 9.84 Å². The number of aromatic hydroxyl groups is 1. The molecule has 1 N–H and O–H groups in total. The van der Waals surface area contributed by atoms with Gasteiger partial charge in [-0.1, -0.05) is 30.3 Å². The maximum absolute atomic E-state index is 10.3. The van der Waals surface area contributed by atoms with Crippen LogP contribution in [0.4, 0.5) is 0 Å². The standard InChI is InChI=1S/C20H15BrN2O2S/c21-12-9-19(26-11-12)20-23-16(14-6-2-4-8-18(14)25-20)10-15(22-23)13-5-1-3-7-17(13)24/h1-9,11,16,20,24H,10H2/t16-,20-/m0/s1. The first-order chi connectivity index (χ1) is 12.7. The molecule has 0 bridgehead atoms. The zero-order chi connectivity index (χ0) is 17.7. The van der Waals surface area contributed by atoms with Crippen LogP contribution in [0.5, 0.6) is 11.5 Å². The summed E-state index contributed by atoms with van der Waals surface area (Å²) in [6.07, 6.45) is 0.468. The van der Waals surface area contributed by atoms with Gasteiger partial charge in [-0.2, -0.15) is 5.10 Å². The number of rotatable bonds is 2. The van der Waals surface area contributed by atoms with Gasteiger partial charge in [0.05, 0.1) is 16.6 Å². The molecule has 2 aliphatic heterocycles. The number of para-hydroxylation sites is 2. The van der Waals surface area contributed by atoms with Crippen LogP contribution in [0.2, 0.25) is 0 Å². The minimum atomic E-state index is -0.269. The molecule has 130 valence electrons. The summed E-state index contributed by atoms with van der Waals surface area (Å²) in [5.41, 5.74) is 2.80. The lowest BCUT2D eigenvalue weighted by atomic mass is 9.96. The van der Waals surface area contributed by atoms with Gasteiger partial charge in [-0.05, 0) is 40.2 Å². The van der Waals surface area contributed by atoms with E-state index in [1.807, 2.05) is 41.4 Å².